The molecule has 2 rings (SSSR count). The second-order valence-corrected chi connectivity index (χ2v) is 7.13. The molecule has 2 aromatic carbocycles. The third-order valence-corrected chi connectivity index (χ3v) is 4.47. The topological polar surface area (TPSA) is 107 Å². The minimum atomic E-state index is -1.27. The van der Waals surface area contributed by atoms with Crippen molar-refractivity contribution in [1.29, 1.82) is 0 Å². The lowest BCUT2D eigenvalue weighted by molar-refractivity contribution is -0.143. The normalized spacial score (nSPS) is 12.0. The first-order chi connectivity index (χ1) is 13.3. The van der Waals surface area contributed by atoms with Gasteiger partial charge in [0.1, 0.15) is 6.04 Å². The van der Waals surface area contributed by atoms with E-state index in [4.69, 9.17) is 0 Å². The maximum Gasteiger partial charge on any atom is 0.408 e. The van der Waals surface area contributed by atoms with Crippen LogP contribution in [0.3, 0.4) is 0 Å². The lowest BCUT2D eigenvalue weighted by Gasteiger charge is -2.27. The van der Waals surface area contributed by atoms with Crippen molar-refractivity contribution in [2.24, 2.45) is 5.92 Å². The van der Waals surface area contributed by atoms with Gasteiger partial charge in [-0.3, -0.25) is 9.69 Å². The van der Waals surface area contributed by atoms with Crippen molar-refractivity contribution in [3.8, 4) is 0 Å². The molecule has 7 nitrogen and oxygen atoms in total. The number of amides is 2. The summed E-state index contributed by atoms with van der Waals surface area (Å²) < 4.78 is 0. The molecule has 0 aliphatic carbocycles. The lowest BCUT2D eigenvalue weighted by atomic mass is 10.0. The molecule has 3 N–H and O–H groups in total. The summed E-state index contributed by atoms with van der Waals surface area (Å²) in [7, 11) is 0. The molecule has 0 spiro atoms. The minimum absolute atomic E-state index is 0.0387. The average molecular weight is 386 g/mol. The first kappa shape index (κ1) is 21.2. The van der Waals surface area contributed by atoms with Crippen LogP contribution in [-0.4, -0.2) is 52.2 Å². The summed E-state index contributed by atoms with van der Waals surface area (Å²) in [6.45, 7) is 3.99. The third-order valence-electron chi connectivity index (χ3n) is 4.47. The van der Waals surface area contributed by atoms with Crippen LogP contribution in [0.1, 0.15) is 37.0 Å². The Kier molecular flexibility index (Phi) is 7.37. The molecule has 0 bridgehead atoms. The van der Waals surface area contributed by atoms with Crippen LogP contribution >= 0.6 is 0 Å². The van der Waals surface area contributed by atoms with Crippen LogP contribution in [0.25, 0.3) is 10.8 Å². The zero-order valence-electron chi connectivity index (χ0n) is 16.1. The van der Waals surface area contributed by atoms with Gasteiger partial charge in [-0.15, -0.1) is 0 Å². The summed E-state index contributed by atoms with van der Waals surface area (Å²) in [5.41, 5.74) is 0.525. The molecule has 0 heterocycles. The van der Waals surface area contributed by atoms with Gasteiger partial charge in [-0.25, -0.2) is 9.59 Å². The summed E-state index contributed by atoms with van der Waals surface area (Å²) in [6, 6.07) is 12.1. The molecular weight excluding hydrogens is 360 g/mol. The zero-order chi connectivity index (χ0) is 20.7. The summed E-state index contributed by atoms with van der Waals surface area (Å²) in [6.07, 6.45) is -0.701. The zero-order valence-corrected chi connectivity index (χ0v) is 16.1. The Hall–Kier alpha value is -3.09. The van der Waals surface area contributed by atoms with Gasteiger partial charge < -0.3 is 15.5 Å². The molecule has 0 saturated heterocycles. The van der Waals surface area contributed by atoms with E-state index in [1.165, 1.54) is 0 Å². The number of hydrogen-bond acceptors (Lipinski definition) is 3. The fourth-order valence-electron chi connectivity index (χ4n) is 3.08. The van der Waals surface area contributed by atoms with Crippen LogP contribution in [0.5, 0.6) is 0 Å². The highest BCUT2D eigenvalue weighted by Gasteiger charge is 2.29. The first-order valence-corrected chi connectivity index (χ1v) is 9.29. The Bertz CT molecular complexity index is 850. The molecule has 0 fully saturated rings. The van der Waals surface area contributed by atoms with Gasteiger partial charge >= 0.3 is 12.1 Å². The van der Waals surface area contributed by atoms with E-state index in [1.807, 2.05) is 44.2 Å². The van der Waals surface area contributed by atoms with E-state index in [2.05, 4.69) is 5.32 Å². The summed E-state index contributed by atoms with van der Waals surface area (Å²) in [4.78, 5) is 36.2. The Morgan fingerprint density at radius 1 is 1.04 bits per heavy atom. The number of carboxylic acids is 1. The third kappa shape index (κ3) is 5.70. The summed E-state index contributed by atoms with van der Waals surface area (Å²) >= 11 is 0. The van der Waals surface area contributed by atoms with E-state index in [0.717, 1.165) is 15.7 Å². The van der Waals surface area contributed by atoms with Crippen molar-refractivity contribution in [1.82, 2.24) is 10.2 Å². The molecule has 0 aliphatic rings. The number of rotatable bonds is 9. The number of hydrogen-bond donors (Lipinski definition) is 3. The SMILES string of the molecule is CC(C)CC(C(=O)O)N(CCCNC(=O)c1ccc2ccccc2c1)C(=O)O. The minimum Gasteiger partial charge on any atom is -0.480 e. The number of carbonyl (C=O) groups excluding carboxylic acids is 1. The van der Waals surface area contributed by atoms with Gasteiger partial charge in [0.05, 0.1) is 0 Å². The summed E-state index contributed by atoms with van der Waals surface area (Å²) in [5, 5.41) is 23.5. The van der Waals surface area contributed by atoms with Crippen molar-refractivity contribution in [2.45, 2.75) is 32.7 Å². The maximum atomic E-state index is 12.3. The van der Waals surface area contributed by atoms with Gasteiger partial charge in [-0.1, -0.05) is 44.2 Å². The van der Waals surface area contributed by atoms with Crippen LogP contribution in [0.2, 0.25) is 0 Å². The number of carboxylic acid groups (broad SMARTS) is 2. The van der Waals surface area contributed by atoms with E-state index in [0.29, 0.717) is 12.0 Å². The van der Waals surface area contributed by atoms with Gasteiger partial charge in [0.2, 0.25) is 0 Å². The van der Waals surface area contributed by atoms with Crippen molar-refractivity contribution in [3.63, 3.8) is 0 Å². The van der Waals surface area contributed by atoms with Gasteiger partial charge in [-0.05, 0) is 41.7 Å². The fraction of sp³-hybridized carbons (Fsp3) is 0.381. The Labute approximate surface area is 164 Å². The number of aliphatic carboxylic acids is 1. The van der Waals surface area contributed by atoms with Crippen molar-refractivity contribution in [3.05, 3.63) is 48.0 Å². The highest BCUT2D eigenvalue weighted by Crippen LogP contribution is 2.16. The monoisotopic (exact) mass is 386 g/mol. The molecule has 2 aromatic rings. The van der Waals surface area contributed by atoms with Crippen molar-refractivity contribution < 1.29 is 24.6 Å². The largest absolute Gasteiger partial charge is 0.480 e. The highest BCUT2D eigenvalue weighted by atomic mass is 16.4. The number of benzene rings is 2. The van der Waals surface area contributed by atoms with Crippen LogP contribution in [0.4, 0.5) is 4.79 Å². The molecule has 2 amide bonds. The van der Waals surface area contributed by atoms with E-state index < -0.39 is 18.1 Å². The predicted octanol–water partition coefficient (Wildman–Crippen LogP) is 3.44. The number of fused-ring (bicyclic) bond motifs is 1. The predicted molar refractivity (Wildman–Crippen MR) is 107 cm³/mol. The smallest absolute Gasteiger partial charge is 0.408 e. The number of nitrogens with zero attached hydrogens (tertiary/aromatic N) is 1. The van der Waals surface area contributed by atoms with Gasteiger partial charge in [0.25, 0.3) is 5.91 Å². The molecule has 150 valence electrons. The molecule has 0 aromatic heterocycles. The molecule has 1 atom stereocenters. The Morgan fingerprint density at radius 2 is 1.71 bits per heavy atom. The van der Waals surface area contributed by atoms with Gasteiger partial charge in [0.15, 0.2) is 0 Å². The molecule has 0 aliphatic heterocycles. The van der Waals surface area contributed by atoms with Gasteiger partial charge in [0, 0.05) is 18.7 Å². The van der Waals surface area contributed by atoms with Crippen molar-refractivity contribution in [2.75, 3.05) is 13.1 Å². The van der Waals surface area contributed by atoms with Crippen LogP contribution in [-0.2, 0) is 4.79 Å². The van der Waals surface area contributed by atoms with Crippen LogP contribution in [0.15, 0.2) is 42.5 Å². The standard InChI is InChI=1S/C21H26N2O5/c1-14(2)12-18(20(25)26)23(21(27)28)11-5-10-22-19(24)17-9-8-15-6-3-4-7-16(15)13-17/h3-4,6-9,13-14,18H,5,10-12H2,1-2H3,(H,22,24)(H,25,26)(H,27,28). The Morgan fingerprint density at radius 3 is 2.32 bits per heavy atom. The highest BCUT2D eigenvalue weighted by molar-refractivity contribution is 5.98. The van der Waals surface area contributed by atoms with E-state index in [9.17, 15) is 24.6 Å². The second-order valence-electron chi connectivity index (χ2n) is 7.13. The molecule has 28 heavy (non-hydrogen) atoms. The molecule has 0 radical (unpaired) electrons. The average Bonchev–Trinajstić information content (AvgIpc) is 2.65. The first-order valence-electron chi connectivity index (χ1n) is 9.29. The van der Waals surface area contributed by atoms with E-state index >= 15 is 0 Å². The second kappa shape index (κ2) is 9.73. The van der Waals surface area contributed by atoms with Crippen molar-refractivity contribution >= 4 is 28.7 Å². The number of nitrogens with one attached hydrogen (secondary N) is 1. The number of carbonyl (C=O) groups is 3. The molecule has 7 heteroatoms. The summed E-state index contributed by atoms with van der Waals surface area (Å²) in [5.74, 6) is -1.35. The lowest BCUT2D eigenvalue weighted by Crippen LogP contribution is -2.46. The van der Waals surface area contributed by atoms with Crippen LogP contribution in [0, 0.1) is 5.92 Å². The van der Waals surface area contributed by atoms with Gasteiger partial charge in [-0.2, -0.15) is 0 Å². The van der Waals surface area contributed by atoms with E-state index in [-0.39, 0.29) is 31.3 Å². The molecular formula is C21H26N2O5. The fourth-order valence-corrected chi connectivity index (χ4v) is 3.08. The quantitative estimate of drug-likeness (QED) is 0.572. The van der Waals surface area contributed by atoms with E-state index in [1.54, 1.807) is 12.1 Å². The Balaban J connectivity index is 1.92. The maximum absolute atomic E-state index is 12.3. The molecule has 1 unspecified atom stereocenters. The van der Waals surface area contributed by atoms with Crippen LogP contribution < -0.4 is 5.32 Å². The molecule has 0 saturated carbocycles.